The van der Waals surface area contributed by atoms with Crippen LogP contribution >= 0.6 is 11.8 Å². The Morgan fingerprint density at radius 3 is 2.67 bits per heavy atom. The molecule has 0 aromatic heterocycles. The maximum Gasteiger partial charge on any atom is 0.253 e. The van der Waals surface area contributed by atoms with Gasteiger partial charge in [-0.1, -0.05) is 0 Å². The van der Waals surface area contributed by atoms with Gasteiger partial charge in [-0.05, 0) is 57.1 Å². The fraction of sp³-hybridized carbons (Fsp3) is 0.562. The molecular weight excluding hydrogens is 282 g/mol. The summed E-state index contributed by atoms with van der Waals surface area (Å²) in [6, 6.07) is 5.88. The molecule has 1 aliphatic rings. The van der Waals surface area contributed by atoms with E-state index in [1.807, 2.05) is 24.8 Å². The van der Waals surface area contributed by atoms with E-state index in [9.17, 15) is 4.79 Å². The van der Waals surface area contributed by atoms with Gasteiger partial charge in [0.2, 0.25) is 0 Å². The number of nitrogens with one attached hydrogen (secondary N) is 2. The van der Waals surface area contributed by atoms with Crippen LogP contribution in [0.3, 0.4) is 0 Å². The summed E-state index contributed by atoms with van der Waals surface area (Å²) in [6.07, 6.45) is 6.95. The minimum Gasteiger partial charge on any atom is -0.399 e. The summed E-state index contributed by atoms with van der Waals surface area (Å²) in [4.78, 5) is 12.1. The molecule has 1 aromatic carbocycles. The van der Waals surface area contributed by atoms with E-state index in [0.29, 0.717) is 23.8 Å². The van der Waals surface area contributed by atoms with E-state index in [0.717, 1.165) is 23.8 Å². The van der Waals surface area contributed by atoms with Crippen LogP contribution in [0.15, 0.2) is 18.2 Å². The number of rotatable bonds is 5. The van der Waals surface area contributed by atoms with Crippen molar-refractivity contribution in [2.75, 3.05) is 23.9 Å². The highest BCUT2D eigenvalue weighted by molar-refractivity contribution is 7.99. The SMILES string of the molecule is CCNC(=O)c1ccc(N)cc1NC1CCC(SC)CC1. The Balaban J connectivity index is 2.08. The third-order valence-corrected chi connectivity index (χ3v) is 5.13. The number of nitrogens with two attached hydrogens (primary N) is 1. The highest BCUT2D eigenvalue weighted by Crippen LogP contribution is 2.30. The second kappa shape index (κ2) is 7.59. The molecule has 1 amide bonds. The molecule has 0 saturated heterocycles. The monoisotopic (exact) mass is 307 g/mol. The Morgan fingerprint density at radius 1 is 1.33 bits per heavy atom. The quantitative estimate of drug-likeness (QED) is 0.731. The zero-order valence-corrected chi connectivity index (χ0v) is 13.6. The first-order valence-electron chi connectivity index (χ1n) is 7.61. The molecule has 1 aromatic rings. The van der Waals surface area contributed by atoms with Gasteiger partial charge in [-0.3, -0.25) is 4.79 Å². The van der Waals surface area contributed by atoms with Crippen molar-refractivity contribution in [3.8, 4) is 0 Å². The third-order valence-electron chi connectivity index (χ3n) is 3.99. The molecule has 1 fully saturated rings. The predicted octanol–water partition coefficient (Wildman–Crippen LogP) is 3.10. The number of nitrogen functional groups attached to an aromatic ring is 1. The normalized spacial score (nSPS) is 21.8. The first kappa shape index (κ1) is 16.0. The van der Waals surface area contributed by atoms with Crippen LogP contribution in [0.4, 0.5) is 11.4 Å². The average Bonchev–Trinajstić information content (AvgIpc) is 2.48. The van der Waals surface area contributed by atoms with E-state index in [1.54, 1.807) is 12.1 Å². The molecule has 1 saturated carbocycles. The van der Waals surface area contributed by atoms with Crippen molar-refractivity contribution in [1.82, 2.24) is 5.32 Å². The molecule has 2 rings (SSSR count). The van der Waals surface area contributed by atoms with Gasteiger partial charge < -0.3 is 16.4 Å². The van der Waals surface area contributed by atoms with Crippen LogP contribution in [0, 0.1) is 0 Å². The molecule has 0 bridgehead atoms. The van der Waals surface area contributed by atoms with Gasteiger partial charge in [-0.15, -0.1) is 0 Å². The summed E-state index contributed by atoms with van der Waals surface area (Å²) in [5.74, 6) is -0.0437. The second-order valence-corrected chi connectivity index (χ2v) is 6.66. The van der Waals surface area contributed by atoms with E-state index >= 15 is 0 Å². The van der Waals surface area contributed by atoms with Gasteiger partial charge in [0.25, 0.3) is 5.91 Å². The summed E-state index contributed by atoms with van der Waals surface area (Å²) < 4.78 is 0. The van der Waals surface area contributed by atoms with Crippen LogP contribution in [0.1, 0.15) is 43.0 Å². The maximum atomic E-state index is 12.1. The van der Waals surface area contributed by atoms with E-state index in [4.69, 9.17) is 5.73 Å². The van der Waals surface area contributed by atoms with Crippen molar-refractivity contribution in [3.63, 3.8) is 0 Å². The summed E-state index contributed by atoms with van der Waals surface area (Å²) in [5, 5.41) is 7.16. The zero-order chi connectivity index (χ0) is 15.2. The first-order valence-corrected chi connectivity index (χ1v) is 8.90. The number of carbonyl (C=O) groups is 1. The summed E-state index contributed by atoms with van der Waals surface area (Å²) >= 11 is 1.96. The largest absolute Gasteiger partial charge is 0.399 e. The van der Waals surface area contributed by atoms with Gasteiger partial charge in [0.05, 0.1) is 5.56 Å². The lowest BCUT2D eigenvalue weighted by molar-refractivity contribution is 0.0956. The van der Waals surface area contributed by atoms with Crippen molar-refractivity contribution < 1.29 is 4.79 Å². The standard InChI is InChI=1S/C16H25N3OS/c1-3-18-16(20)14-9-4-11(17)10-15(14)19-12-5-7-13(21-2)8-6-12/h4,9-10,12-13,19H,3,5-8,17H2,1-2H3,(H,18,20). The van der Waals surface area contributed by atoms with Crippen molar-refractivity contribution in [1.29, 1.82) is 0 Å². The van der Waals surface area contributed by atoms with E-state index < -0.39 is 0 Å². The third kappa shape index (κ3) is 4.30. The van der Waals surface area contributed by atoms with Crippen LogP contribution in [0.2, 0.25) is 0 Å². The number of benzene rings is 1. The van der Waals surface area contributed by atoms with E-state index in [1.165, 1.54) is 12.8 Å². The Labute approximate surface area is 131 Å². The van der Waals surface area contributed by atoms with Crippen LogP contribution < -0.4 is 16.4 Å². The molecule has 116 valence electrons. The lowest BCUT2D eigenvalue weighted by Crippen LogP contribution is -2.29. The van der Waals surface area contributed by atoms with Crippen molar-refractivity contribution >= 4 is 29.0 Å². The number of amides is 1. The van der Waals surface area contributed by atoms with Gasteiger partial charge in [0.15, 0.2) is 0 Å². The van der Waals surface area contributed by atoms with Gasteiger partial charge in [-0.25, -0.2) is 0 Å². The second-order valence-electron chi connectivity index (χ2n) is 5.52. The van der Waals surface area contributed by atoms with Crippen molar-refractivity contribution in [2.45, 2.75) is 43.9 Å². The fourth-order valence-electron chi connectivity index (χ4n) is 2.80. The van der Waals surface area contributed by atoms with E-state index in [2.05, 4.69) is 16.9 Å². The average molecular weight is 307 g/mol. The highest BCUT2D eigenvalue weighted by Gasteiger charge is 2.21. The predicted molar refractivity (Wildman–Crippen MR) is 92.0 cm³/mol. The van der Waals surface area contributed by atoms with E-state index in [-0.39, 0.29) is 5.91 Å². The Hall–Kier alpha value is -1.36. The minimum atomic E-state index is -0.0437. The molecule has 0 heterocycles. The van der Waals surface area contributed by atoms with Crippen LogP contribution in [0.25, 0.3) is 0 Å². The van der Waals surface area contributed by atoms with Gasteiger partial charge in [-0.2, -0.15) is 11.8 Å². The molecule has 0 aliphatic heterocycles. The molecule has 0 spiro atoms. The Bertz CT molecular complexity index is 484. The zero-order valence-electron chi connectivity index (χ0n) is 12.8. The molecule has 0 atom stereocenters. The molecular formula is C16H25N3OS. The smallest absolute Gasteiger partial charge is 0.253 e. The molecule has 0 unspecified atom stereocenters. The van der Waals surface area contributed by atoms with Gasteiger partial charge >= 0.3 is 0 Å². The van der Waals surface area contributed by atoms with Gasteiger partial charge in [0.1, 0.15) is 0 Å². The summed E-state index contributed by atoms with van der Waals surface area (Å²) in [7, 11) is 0. The van der Waals surface area contributed by atoms with Crippen molar-refractivity contribution in [2.24, 2.45) is 0 Å². The van der Waals surface area contributed by atoms with Crippen molar-refractivity contribution in [3.05, 3.63) is 23.8 Å². The number of hydrogen-bond donors (Lipinski definition) is 3. The summed E-state index contributed by atoms with van der Waals surface area (Å²) in [5.41, 5.74) is 8.09. The number of hydrogen-bond acceptors (Lipinski definition) is 4. The Morgan fingerprint density at radius 2 is 2.05 bits per heavy atom. The maximum absolute atomic E-state index is 12.1. The number of carbonyl (C=O) groups excluding carboxylic acids is 1. The van der Waals surface area contributed by atoms with Crippen LogP contribution in [-0.2, 0) is 0 Å². The molecule has 5 heteroatoms. The molecule has 4 N–H and O–H groups in total. The highest BCUT2D eigenvalue weighted by atomic mass is 32.2. The van der Waals surface area contributed by atoms with Gasteiger partial charge in [0, 0.05) is 29.2 Å². The number of anilines is 2. The fourth-order valence-corrected chi connectivity index (χ4v) is 3.54. The summed E-state index contributed by atoms with van der Waals surface area (Å²) in [6.45, 7) is 2.55. The topological polar surface area (TPSA) is 67.2 Å². The first-order chi connectivity index (χ1) is 10.1. The molecule has 21 heavy (non-hydrogen) atoms. The molecule has 0 radical (unpaired) electrons. The molecule has 1 aliphatic carbocycles. The number of thioether (sulfide) groups is 1. The lowest BCUT2D eigenvalue weighted by Gasteiger charge is -2.29. The van der Waals surface area contributed by atoms with Crippen LogP contribution in [-0.4, -0.2) is 30.0 Å². The molecule has 4 nitrogen and oxygen atoms in total. The Kier molecular flexibility index (Phi) is 5.79. The lowest BCUT2D eigenvalue weighted by atomic mass is 9.94. The van der Waals surface area contributed by atoms with Crippen LogP contribution in [0.5, 0.6) is 0 Å². The minimum absolute atomic E-state index is 0.0437.